The summed E-state index contributed by atoms with van der Waals surface area (Å²) >= 11 is 0. The highest BCUT2D eigenvalue weighted by molar-refractivity contribution is 5.92. The van der Waals surface area contributed by atoms with Crippen molar-refractivity contribution in [2.24, 2.45) is 7.05 Å². The number of hydrogen-bond acceptors (Lipinski definition) is 5. The monoisotopic (exact) mass is 436 g/mol. The van der Waals surface area contributed by atoms with E-state index in [0.717, 1.165) is 31.1 Å². The van der Waals surface area contributed by atoms with E-state index < -0.39 is 0 Å². The van der Waals surface area contributed by atoms with Crippen molar-refractivity contribution in [3.63, 3.8) is 0 Å². The molecule has 8 heteroatoms. The zero-order valence-corrected chi connectivity index (χ0v) is 19.4. The molecule has 1 saturated heterocycles. The van der Waals surface area contributed by atoms with Crippen LogP contribution < -0.4 is 4.74 Å². The second-order valence-electron chi connectivity index (χ2n) is 8.72. The minimum absolute atomic E-state index is 0.0257. The zero-order chi connectivity index (χ0) is 22.7. The molecule has 0 aliphatic carbocycles. The van der Waals surface area contributed by atoms with Gasteiger partial charge in [-0.2, -0.15) is 10.2 Å². The maximum absolute atomic E-state index is 12.9. The smallest absolute Gasteiger partial charge is 0.274 e. The van der Waals surface area contributed by atoms with Crippen molar-refractivity contribution in [1.82, 2.24) is 29.4 Å². The van der Waals surface area contributed by atoms with E-state index in [4.69, 9.17) is 4.74 Å². The van der Waals surface area contributed by atoms with Crippen LogP contribution in [0, 0.1) is 6.92 Å². The van der Waals surface area contributed by atoms with Crippen LogP contribution in [-0.4, -0.2) is 61.4 Å². The molecule has 0 spiro atoms. The number of carbonyl (C=O) groups is 1. The number of carbonyl (C=O) groups excluding carboxylic acids is 1. The van der Waals surface area contributed by atoms with Gasteiger partial charge < -0.3 is 9.64 Å². The summed E-state index contributed by atoms with van der Waals surface area (Å²) < 4.78 is 9.32. The van der Waals surface area contributed by atoms with Crippen molar-refractivity contribution in [2.45, 2.75) is 40.0 Å². The highest BCUT2D eigenvalue weighted by Crippen LogP contribution is 2.19. The Bertz CT molecular complexity index is 1040. The molecule has 32 heavy (non-hydrogen) atoms. The van der Waals surface area contributed by atoms with Crippen LogP contribution in [0.5, 0.6) is 5.75 Å². The lowest BCUT2D eigenvalue weighted by Crippen LogP contribution is -2.48. The van der Waals surface area contributed by atoms with Gasteiger partial charge in [-0.1, -0.05) is 26.0 Å². The fourth-order valence-electron chi connectivity index (χ4n) is 3.95. The molecule has 4 rings (SSSR count). The SMILES string of the molecule is Cc1nn(C)cc1CN1CCN(C(=O)c2ccn(COc3ccc(C(C)C)cc3)n2)CC1. The molecule has 3 aromatic rings. The lowest BCUT2D eigenvalue weighted by Gasteiger charge is -2.34. The molecule has 1 aliphatic rings. The van der Waals surface area contributed by atoms with E-state index in [1.165, 1.54) is 11.1 Å². The summed E-state index contributed by atoms with van der Waals surface area (Å²) in [5.74, 6) is 1.25. The second-order valence-corrected chi connectivity index (χ2v) is 8.72. The fraction of sp³-hybridized carbons (Fsp3) is 0.458. The molecule has 0 unspecified atom stereocenters. The van der Waals surface area contributed by atoms with Gasteiger partial charge in [0.1, 0.15) is 5.75 Å². The van der Waals surface area contributed by atoms with Crippen LogP contribution in [0.1, 0.15) is 47.1 Å². The third kappa shape index (κ3) is 5.19. The van der Waals surface area contributed by atoms with Gasteiger partial charge >= 0.3 is 0 Å². The topological polar surface area (TPSA) is 68.4 Å². The van der Waals surface area contributed by atoms with Crippen LogP contribution >= 0.6 is 0 Å². The van der Waals surface area contributed by atoms with Gasteiger partial charge in [-0.15, -0.1) is 0 Å². The molecule has 0 radical (unpaired) electrons. The van der Waals surface area contributed by atoms with E-state index in [1.54, 1.807) is 16.9 Å². The zero-order valence-electron chi connectivity index (χ0n) is 19.4. The first-order valence-electron chi connectivity index (χ1n) is 11.2. The van der Waals surface area contributed by atoms with E-state index in [1.807, 2.05) is 35.7 Å². The molecule has 1 aliphatic heterocycles. The minimum atomic E-state index is -0.0257. The third-order valence-electron chi connectivity index (χ3n) is 5.94. The molecule has 1 aromatic carbocycles. The molecule has 0 N–H and O–H groups in total. The van der Waals surface area contributed by atoms with Gasteiger partial charge in [0.2, 0.25) is 0 Å². The molecular weight excluding hydrogens is 404 g/mol. The number of aromatic nitrogens is 4. The fourth-order valence-corrected chi connectivity index (χ4v) is 3.95. The average molecular weight is 437 g/mol. The van der Waals surface area contributed by atoms with Crippen LogP contribution in [-0.2, 0) is 20.3 Å². The van der Waals surface area contributed by atoms with Crippen molar-refractivity contribution >= 4 is 5.91 Å². The maximum atomic E-state index is 12.9. The number of amides is 1. The maximum Gasteiger partial charge on any atom is 0.274 e. The number of rotatable bonds is 7. The molecule has 1 amide bonds. The molecular formula is C24H32N6O2. The van der Waals surface area contributed by atoms with Crippen molar-refractivity contribution in [3.8, 4) is 5.75 Å². The van der Waals surface area contributed by atoms with Crippen LogP contribution in [0.25, 0.3) is 0 Å². The van der Waals surface area contributed by atoms with Gasteiger partial charge in [-0.05, 0) is 36.6 Å². The summed E-state index contributed by atoms with van der Waals surface area (Å²) in [5.41, 5.74) is 4.04. The Morgan fingerprint density at radius 1 is 1.06 bits per heavy atom. The summed E-state index contributed by atoms with van der Waals surface area (Å²) in [4.78, 5) is 17.1. The molecule has 0 atom stereocenters. The Hall–Kier alpha value is -3.13. The molecule has 2 aromatic heterocycles. The van der Waals surface area contributed by atoms with Crippen LogP contribution in [0.15, 0.2) is 42.7 Å². The van der Waals surface area contributed by atoms with Gasteiger partial charge in [0.15, 0.2) is 12.4 Å². The van der Waals surface area contributed by atoms with E-state index in [-0.39, 0.29) is 12.6 Å². The van der Waals surface area contributed by atoms with Gasteiger partial charge in [0.25, 0.3) is 5.91 Å². The van der Waals surface area contributed by atoms with E-state index in [2.05, 4.69) is 47.3 Å². The van der Waals surface area contributed by atoms with Gasteiger partial charge in [-0.25, -0.2) is 4.68 Å². The van der Waals surface area contributed by atoms with Gasteiger partial charge in [0.05, 0.1) is 5.69 Å². The lowest BCUT2D eigenvalue weighted by atomic mass is 10.0. The van der Waals surface area contributed by atoms with Crippen LogP contribution in [0.3, 0.4) is 0 Å². The number of hydrogen-bond donors (Lipinski definition) is 0. The van der Waals surface area contributed by atoms with Crippen LogP contribution in [0.2, 0.25) is 0 Å². The van der Waals surface area contributed by atoms with Gasteiger partial charge in [0, 0.05) is 57.7 Å². The largest absolute Gasteiger partial charge is 0.471 e. The predicted octanol–water partition coefficient (Wildman–Crippen LogP) is 3.04. The molecule has 8 nitrogen and oxygen atoms in total. The lowest BCUT2D eigenvalue weighted by molar-refractivity contribution is 0.0620. The first-order valence-corrected chi connectivity index (χ1v) is 11.2. The van der Waals surface area contributed by atoms with Crippen molar-refractivity contribution < 1.29 is 9.53 Å². The Kier molecular flexibility index (Phi) is 6.60. The minimum Gasteiger partial charge on any atom is -0.471 e. The summed E-state index contributed by atoms with van der Waals surface area (Å²) in [6.45, 7) is 10.6. The second kappa shape index (κ2) is 9.56. The number of aryl methyl sites for hydroxylation is 2. The van der Waals surface area contributed by atoms with Gasteiger partial charge in [-0.3, -0.25) is 14.4 Å². The summed E-state index contributed by atoms with van der Waals surface area (Å²) in [6.07, 6.45) is 3.86. The number of piperazine rings is 1. The summed E-state index contributed by atoms with van der Waals surface area (Å²) in [6, 6.07) is 9.86. The highest BCUT2D eigenvalue weighted by Gasteiger charge is 2.24. The van der Waals surface area contributed by atoms with Crippen molar-refractivity contribution in [1.29, 1.82) is 0 Å². The molecule has 170 valence electrons. The third-order valence-corrected chi connectivity index (χ3v) is 5.94. The molecule has 0 saturated carbocycles. The van der Waals surface area contributed by atoms with Crippen molar-refractivity contribution in [3.05, 3.63) is 65.2 Å². The van der Waals surface area contributed by atoms with Crippen LogP contribution in [0.4, 0.5) is 0 Å². The molecule has 3 heterocycles. The first-order chi connectivity index (χ1) is 15.4. The predicted molar refractivity (Wildman–Crippen MR) is 123 cm³/mol. The first kappa shape index (κ1) is 22.1. The van der Waals surface area contributed by atoms with E-state index in [0.29, 0.717) is 24.7 Å². The van der Waals surface area contributed by atoms with E-state index >= 15 is 0 Å². The summed E-state index contributed by atoms with van der Waals surface area (Å²) in [7, 11) is 1.94. The molecule has 1 fully saturated rings. The standard InChI is InChI=1S/C24H32N6O2/c1-18(2)20-5-7-22(8-6-20)32-17-30-10-9-23(26-30)24(31)29-13-11-28(12-14-29)16-21-15-27(4)25-19(21)3/h5-10,15,18H,11-14,16-17H2,1-4H3. The quantitative estimate of drug-likeness (QED) is 0.570. The average Bonchev–Trinajstić information content (AvgIpc) is 3.38. The summed E-state index contributed by atoms with van der Waals surface area (Å²) in [5, 5.41) is 8.83. The molecule has 0 bridgehead atoms. The highest BCUT2D eigenvalue weighted by atomic mass is 16.5. The number of benzene rings is 1. The Morgan fingerprint density at radius 3 is 2.41 bits per heavy atom. The normalized spacial score (nSPS) is 14.8. The Balaban J connectivity index is 1.27. The van der Waals surface area contributed by atoms with E-state index in [9.17, 15) is 4.79 Å². The Morgan fingerprint density at radius 2 is 1.78 bits per heavy atom. The number of nitrogens with zero attached hydrogens (tertiary/aromatic N) is 6. The number of ether oxygens (including phenoxy) is 1. The van der Waals surface area contributed by atoms with Crippen molar-refractivity contribution in [2.75, 3.05) is 26.2 Å². The Labute approximate surface area is 189 Å².